The third-order valence-corrected chi connectivity index (χ3v) is 3.75. The number of nitrogens with zero attached hydrogens (tertiary/aromatic N) is 3. The van der Waals surface area contributed by atoms with Crippen LogP contribution in [0.4, 0.5) is 11.5 Å². The van der Waals surface area contributed by atoms with Gasteiger partial charge in [-0.3, -0.25) is 0 Å². The molecule has 1 aromatic carbocycles. The molecule has 2 N–H and O–H groups in total. The molecule has 3 rings (SSSR count). The molecule has 1 aromatic heterocycles. The minimum atomic E-state index is 0.650. The zero-order valence-electron chi connectivity index (χ0n) is 12.5. The summed E-state index contributed by atoms with van der Waals surface area (Å²) in [4.78, 5) is 11.3. The number of nitrogens with two attached hydrogens (primary N) is 1. The van der Waals surface area contributed by atoms with Crippen molar-refractivity contribution < 1.29 is 4.74 Å². The molecular formula is C16H20N4O. The Hall–Kier alpha value is -2.14. The number of aromatic nitrogens is 2. The SMILES string of the molecule is Cc1nc(-c2ccccc2C)c(N)c(N2CCOCC2)n1. The summed E-state index contributed by atoms with van der Waals surface area (Å²) < 4.78 is 5.40. The lowest BCUT2D eigenvalue weighted by Crippen LogP contribution is -2.37. The van der Waals surface area contributed by atoms with Crippen molar-refractivity contribution in [3.63, 3.8) is 0 Å². The maximum atomic E-state index is 6.38. The van der Waals surface area contributed by atoms with E-state index in [9.17, 15) is 0 Å². The maximum absolute atomic E-state index is 6.38. The summed E-state index contributed by atoms with van der Waals surface area (Å²) in [6, 6.07) is 8.15. The van der Waals surface area contributed by atoms with E-state index in [1.54, 1.807) is 0 Å². The molecule has 5 nitrogen and oxygen atoms in total. The van der Waals surface area contributed by atoms with E-state index in [4.69, 9.17) is 10.5 Å². The summed E-state index contributed by atoms with van der Waals surface area (Å²) in [6.07, 6.45) is 0. The second-order valence-electron chi connectivity index (χ2n) is 5.27. The van der Waals surface area contributed by atoms with Crippen LogP contribution in [0.1, 0.15) is 11.4 Å². The Labute approximate surface area is 124 Å². The monoisotopic (exact) mass is 284 g/mol. The van der Waals surface area contributed by atoms with E-state index in [0.29, 0.717) is 18.9 Å². The highest BCUT2D eigenvalue weighted by Gasteiger charge is 2.20. The second kappa shape index (κ2) is 5.69. The summed E-state index contributed by atoms with van der Waals surface area (Å²) in [6.45, 7) is 7.03. The zero-order chi connectivity index (χ0) is 14.8. The van der Waals surface area contributed by atoms with Gasteiger partial charge in [0.1, 0.15) is 11.5 Å². The standard InChI is InChI=1S/C16H20N4O/c1-11-5-3-4-6-13(11)15-14(17)16(19-12(2)18-15)20-7-9-21-10-8-20/h3-6H,7-10,17H2,1-2H3. The smallest absolute Gasteiger partial charge is 0.156 e. The number of hydrogen-bond acceptors (Lipinski definition) is 5. The lowest BCUT2D eigenvalue weighted by Gasteiger charge is -2.29. The van der Waals surface area contributed by atoms with Crippen molar-refractivity contribution in [2.75, 3.05) is 36.9 Å². The van der Waals surface area contributed by atoms with Gasteiger partial charge in [-0.15, -0.1) is 0 Å². The van der Waals surface area contributed by atoms with Crippen molar-refractivity contribution >= 4 is 11.5 Å². The van der Waals surface area contributed by atoms with Crippen molar-refractivity contribution in [1.29, 1.82) is 0 Å². The molecule has 5 heteroatoms. The maximum Gasteiger partial charge on any atom is 0.156 e. The molecule has 0 bridgehead atoms. The van der Waals surface area contributed by atoms with Gasteiger partial charge in [0.25, 0.3) is 0 Å². The molecule has 110 valence electrons. The van der Waals surface area contributed by atoms with Crippen LogP contribution in [0.15, 0.2) is 24.3 Å². The fourth-order valence-corrected chi connectivity index (χ4v) is 2.63. The molecule has 1 saturated heterocycles. The van der Waals surface area contributed by atoms with E-state index < -0.39 is 0 Å². The Morgan fingerprint density at radius 3 is 2.52 bits per heavy atom. The van der Waals surface area contributed by atoms with Gasteiger partial charge in [-0.1, -0.05) is 24.3 Å². The number of benzene rings is 1. The van der Waals surface area contributed by atoms with Crippen LogP contribution < -0.4 is 10.6 Å². The van der Waals surface area contributed by atoms with Gasteiger partial charge in [0.15, 0.2) is 5.82 Å². The Balaban J connectivity index is 2.10. The number of ether oxygens (including phenoxy) is 1. The molecule has 2 heterocycles. The predicted molar refractivity (Wildman–Crippen MR) is 84.4 cm³/mol. The Bertz CT molecular complexity index is 651. The van der Waals surface area contributed by atoms with Gasteiger partial charge in [0.2, 0.25) is 0 Å². The number of anilines is 2. The zero-order valence-corrected chi connectivity index (χ0v) is 12.5. The van der Waals surface area contributed by atoms with E-state index in [1.165, 1.54) is 0 Å². The normalized spacial score (nSPS) is 15.2. The van der Waals surface area contributed by atoms with Crippen LogP contribution in [0.3, 0.4) is 0 Å². The van der Waals surface area contributed by atoms with Gasteiger partial charge >= 0.3 is 0 Å². The number of morpholine rings is 1. The van der Waals surface area contributed by atoms with Crippen LogP contribution in [0.2, 0.25) is 0 Å². The van der Waals surface area contributed by atoms with Crippen molar-refractivity contribution in [3.05, 3.63) is 35.7 Å². The molecule has 0 atom stereocenters. The van der Waals surface area contributed by atoms with Crippen LogP contribution in [0.5, 0.6) is 0 Å². The summed E-state index contributed by atoms with van der Waals surface area (Å²) in [5, 5.41) is 0. The van der Waals surface area contributed by atoms with Crippen LogP contribution >= 0.6 is 0 Å². The number of nitrogen functional groups attached to an aromatic ring is 1. The van der Waals surface area contributed by atoms with E-state index in [0.717, 1.165) is 41.6 Å². The molecule has 21 heavy (non-hydrogen) atoms. The third-order valence-electron chi connectivity index (χ3n) is 3.75. The first kappa shape index (κ1) is 13.8. The van der Waals surface area contributed by atoms with Crippen LogP contribution in [-0.4, -0.2) is 36.3 Å². The fourth-order valence-electron chi connectivity index (χ4n) is 2.63. The predicted octanol–water partition coefficient (Wildman–Crippen LogP) is 2.18. The van der Waals surface area contributed by atoms with Gasteiger partial charge in [-0.05, 0) is 19.4 Å². The van der Waals surface area contributed by atoms with Crippen LogP contribution in [0, 0.1) is 13.8 Å². The molecule has 0 radical (unpaired) electrons. The highest BCUT2D eigenvalue weighted by molar-refractivity contribution is 5.82. The molecule has 2 aromatic rings. The molecule has 0 saturated carbocycles. The van der Waals surface area contributed by atoms with Crippen molar-refractivity contribution in [3.8, 4) is 11.3 Å². The lowest BCUT2D eigenvalue weighted by molar-refractivity contribution is 0.122. The van der Waals surface area contributed by atoms with Crippen molar-refractivity contribution in [2.45, 2.75) is 13.8 Å². The number of aryl methyl sites for hydroxylation is 2. The van der Waals surface area contributed by atoms with Gasteiger partial charge in [-0.2, -0.15) is 0 Å². The van der Waals surface area contributed by atoms with Crippen LogP contribution in [-0.2, 0) is 4.74 Å². The summed E-state index contributed by atoms with van der Waals surface area (Å²) in [5.74, 6) is 1.56. The van der Waals surface area contributed by atoms with Crippen molar-refractivity contribution in [2.24, 2.45) is 0 Å². The van der Waals surface area contributed by atoms with Gasteiger partial charge < -0.3 is 15.4 Å². The Morgan fingerprint density at radius 1 is 1.10 bits per heavy atom. The first-order chi connectivity index (χ1) is 10.2. The average Bonchev–Trinajstić information content (AvgIpc) is 2.51. The molecule has 0 amide bonds. The average molecular weight is 284 g/mol. The van der Waals surface area contributed by atoms with E-state index in [1.807, 2.05) is 19.1 Å². The minimum absolute atomic E-state index is 0.650. The quantitative estimate of drug-likeness (QED) is 0.915. The van der Waals surface area contributed by atoms with Gasteiger partial charge in [0, 0.05) is 18.7 Å². The third kappa shape index (κ3) is 2.69. The topological polar surface area (TPSA) is 64.3 Å². The molecule has 0 unspecified atom stereocenters. The lowest BCUT2D eigenvalue weighted by atomic mass is 10.0. The molecule has 0 spiro atoms. The molecule has 0 aliphatic carbocycles. The van der Waals surface area contributed by atoms with Crippen molar-refractivity contribution in [1.82, 2.24) is 9.97 Å². The molecule has 1 aliphatic heterocycles. The fraction of sp³-hybridized carbons (Fsp3) is 0.375. The molecular weight excluding hydrogens is 264 g/mol. The highest BCUT2D eigenvalue weighted by atomic mass is 16.5. The molecule has 1 aliphatic rings. The minimum Gasteiger partial charge on any atom is -0.394 e. The Morgan fingerprint density at radius 2 is 1.81 bits per heavy atom. The Kier molecular flexibility index (Phi) is 3.75. The largest absolute Gasteiger partial charge is 0.394 e. The first-order valence-corrected chi connectivity index (χ1v) is 7.19. The van der Waals surface area contributed by atoms with Gasteiger partial charge in [0.05, 0.1) is 18.9 Å². The summed E-state index contributed by atoms with van der Waals surface area (Å²) >= 11 is 0. The van der Waals surface area contributed by atoms with Crippen LogP contribution in [0.25, 0.3) is 11.3 Å². The van der Waals surface area contributed by atoms with Gasteiger partial charge in [-0.25, -0.2) is 9.97 Å². The molecule has 1 fully saturated rings. The summed E-state index contributed by atoms with van der Waals surface area (Å²) in [7, 11) is 0. The van der Waals surface area contributed by atoms with E-state index >= 15 is 0 Å². The van der Waals surface area contributed by atoms with E-state index in [-0.39, 0.29) is 0 Å². The first-order valence-electron chi connectivity index (χ1n) is 7.19. The highest BCUT2D eigenvalue weighted by Crippen LogP contribution is 2.33. The second-order valence-corrected chi connectivity index (χ2v) is 5.27. The summed E-state index contributed by atoms with van der Waals surface area (Å²) in [5.41, 5.74) is 10.1. The van der Waals surface area contributed by atoms with E-state index in [2.05, 4.69) is 33.9 Å². The number of rotatable bonds is 2. The number of hydrogen-bond donors (Lipinski definition) is 1.